The highest BCUT2D eigenvalue weighted by Crippen LogP contribution is 2.31. The van der Waals surface area contributed by atoms with Gasteiger partial charge in [0.15, 0.2) is 11.8 Å². The second kappa shape index (κ2) is 38.1. The molecule has 0 saturated carbocycles. The van der Waals surface area contributed by atoms with Crippen LogP contribution in [0.3, 0.4) is 0 Å². The molecular formula is C59H98N6O8. The number of ether oxygens (including phenoxy) is 3. The van der Waals surface area contributed by atoms with Crippen molar-refractivity contribution in [1.29, 1.82) is 5.26 Å². The van der Waals surface area contributed by atoms with Crippen molar-refractivity contribution in [2.45, 2.75) is 252 Å². The summed E-state index contributed by atoms with van der Waals surface area (Å²) >= 11 is 0. The van der Waals surface area contributed by atoms with Gasteiger partial charge in [-0.3, -0.25) is 28.5 Å². The number of fused-ring (bicyclic) bond motifs is 1. The molecule has 1 fully saturated rings. The zero-order valence-corrected chi connectivity index (χ0v) is 46.5. The molecule has 0 radical (unpaired) electrons. The van der Waals surface area contributed by atoms with E-state index in [1.807, 2.05) is 37.9 Å². The van der Waals surface area contributed by atoms with Gasteiger partial charge in [-0.2, -0.15) is 5.26 Å². The third kappa shape index (κ3) is 25.5. The molecule has 4 atom stereocenters. The molecule has 0 aromatic carbocycles. The molecule has 1 aliphatic heterocycles. The highest BCUT2D eigenvalue weighted by atomic mass is 16.6. The van der Waals surface area contributed by atoms with Gasteiger partial charge in [0.05, 0.1) is 17.5 Å². The van der Waals surface area contributed by atoms with Crippen molar-refractivity contribution in [2.24, 2.45) is 17.8 Å². The third-order valence-electron chi connectivity index (χ3n) is 14.9. The summed E-state index contributed by atoms with van der Waals surface area (Å²) < 4.78 is 18.5. The third-order valence-corrected chi connectivity index (χ3v) is 14.9. The number of likely N-dealkylation sites (tertiary alicyclic amines) is 1. The number of aromatic nitrogens is 3. The first-order valence-electron chi connectivity index (χ1n) is 29.1. The molecule has 0 N–H and O–H groups in total. The van der Waals surface area contributed by atoms with E-state index in [0.717, 1.165) is 44.9 Å². The molecule has 3 heterocycles. The van der Waals surface area contributed by atoms with Crippen LogP contribution in [0.25, 0.3) is 11.0 Å². The van der Waals surface area contributed by atoms with Crippen LogP contribution in [0.5, 0.6) is 0 Å². The summed E-state index contributed by atoms with van der Waals surface area (Å²) in [7, 11) is 1.93. The lowest BCUT2D eigenvalue weighted by Crippen LogP contribution is -2.52. The Labute approximate surface area is 440 Å². The van der Waals surface area contributed by atoms with E-state index >= 15 is 0 Å². The van der Waals surface area contributed by atoms with E-state index in [1.54, 1.807) is 11.1 Å². The van der Waals surface area contributed by atoms with Crippen molar-refractivity contribution in [2.75, 3.05) is 38.3 Å². The average molecular weight is 1020 g/mol. The number of hydrogen-bond acceptors (Lipinski definition) is 12. The Morgan fingerprint density at radius 1 is 0.712 bits per heavy atom. The Kier molecular flexibility index (Phi) is 32.7. The Morgan fingerprint density at radius 2 is 1.19 bits per heavy atom. The van der Waals surface area contributed by atoms with E-state index in [1.165, 1.54) is 139 Å². The van der Waals surface area contributed by atoms with Crippen LogP contribution in [0, 0.1) is 29.1 Å². The maximum Gasteiger partial charge on any atom is 0.306 e. The number of hydrogen-bond donors (Lipinski definition) is 0. The van der Waals surface area contributed by atoms with Gasteiger partial charge in [-0.05, 0) is 43.6 Å². The zero-order chi connectivity index (χ0) is 53.1. The van der Waals surface area contributed by atoms with Gasteiger partial charge in [-0.1, -0.05) is 189 Å². The number of nitrogens with zero attached hydrogens (tertiary/aromatic N) is 6. The van der Waals surface area contributed by atoms with Crippen LogP contribution in [0.2, 0.25) is 0 Å². The fourth-order valence-electron chi connectivity index (χ4n) is 10.3. The first-order valence-corrected chi connectivity index (χ1v) is 29.1. The van der Waals surface area contributed by atoms with Crippen LogP contribution in [-0.2, 0) is 33.4 Å². The van der Waals surface area contributed by atoms with E-state index < -0.39 is 18.0 Å². The number of nitriles is 1. The maximum absolute atomic E-state index is 14.0. The molecular weight excluding hydrogens is 921 g/mol. The molecule has 2 unspecified atom stereocenters. The second-order valence-electron chi connectivity index (χ2n) is 21.5. The molecule has 73 heavy (non-hydrogen) atoms. The van der Waals surface area contributed by atoms with E-state index in [4.69, 9.17) is 19.5 Å². The van der Waals surface area contributed by atoms with Crippen molar-refractivity contribution in [3.05, 3.63) is 18.6 Å². The van der Waals surface area contributed by atoms with E-state index in [9.17, 15) is 24.0 Å². The van der Waals surface area contributed by atoms with Gasteiger partial charge in [0, 0.05) is 51.5 Å². The molecule has 0 spiro atoms. The number of carbonyl (C=O) groups excluding carboxylic acids is 5. The summed E-state index contributed by atoms with van der Waals surface area (Å²) in [4.78, 5) is 78.5. The van der Waals surface area contributed by atoms with Gasteiger partial charge < -0.3 is 24.0 Å². The zero-order valence-electron chi connectivity index (χ0n) is 46.5. The van der Waals surface area contributed by atoms with Crippen LogP contribution in [0.4, 0.5) is 5.82 Å². The van der Waals surface area contributed by atoms with E-state index in [-0.39, 0.29) is 80.5 Å². The predicted molar refractivity (Wildman–Crippen MR) is 291 cm³/mol. The second-order valence-corrected chi connectivity index (χ2v) is 21.5. The van der Waals surface area contributed by atoms with Gasteiger partial charge in [0.25, 0.3) is 0 Å². The van der Waals surface area contributed by atoms with Crippen molar-refractivity contribution < 1.29 is 38.2 Å². The predicted octanol–water partition coefficient (Wildman–Crippen LogP) is 13.7. The number of carbonyl (C=O) groups is 5. The molecule has 2 aromatic rings. The Morgan fingerprint density at radius 3 is 1.67 bits per heavy atom. The Balaban J connectivity index is 1.48. The maximum atomic E-state index is 14.0. The van der Waals surface area contributed by atoms with Crippen molar-refractivity contribution in [3.8, 4) is 6.07 Å². The number of rotatable bonds is 41. The van der Waals surface area contributed by atoms with Crippen molar-refractivity contribution >= 4 is 46.6 Å². The van der Waals surface area contributed by atoms with Gasteiger partial charge >= 0.3 is 17.9 Å². The monoisotopic (exact) mass is 1020 g/mol. The van der Waals surface area contributed by atoms with Gasteiger partial charge in [-0.25, -0.2) is 9.97 Å². The molecule has 1 aliphatic rings. The fraction of sp³-hybridized carbons (Fsp3) is 0.797. The Bertz CT molecular complexity index is 1870. The normalized spacial score (nSPS) is 15.5. The summed E-state index contributed by atoms with van der Waals surface area (Å²) in [6.07, 6.45) is 35.4. The molecule has 0 bridgehead atoms. The molecule has 412 valence electrons. The fourth-order valence-corrected chi connectivity index (χ4v) is 10.3. The molecule has 14 heteroatoms. The SMILES string of the molecule is CCCCCCCCCCCCCCCC(=O)OCC(COC(=O)CCCCCCCCCCCCCCC)OC(=O)CC(C)CC(C)C(=O)n1ccc2c(N(C)[C@H]3CN(C(=O)CC#N)CC[C@H]3C)ncnc21. The van der Waals surface area contributed by atoms with Crippen LogP contribution in [0.1, 0.15) is 245 Å². The number of likely N-dealkylation sites (N-methyl/N-ethyl adjacent to an activating group) is 1. The smallest absolute Gasteiger partial charge is 0.306 e. The highest BCUT2D eigenvalue weighted by Gasteiger charge is 2.33. The first-order chi connectivity index (χ1) is 35.4. The van der Waals surface area contributed by atoms with Crippen molar-refractivity contribution in [3.63, 3.8) is 0 Å². The molecule has 14 nitrogen and oxygen atoms in total. The number of esters is 3. The highest BCUT2D eigenvalue weighted by molar-refractivity contribution is 5.96. The average Bonchev–Trinajstić information content (AvgIpc) is 3.81. The van der Waals surface area contributed by atoms with Crippen molar-refractivity contribution in [1.82, 2.24) is 19.4 Å². The first kappa shape index (κ1) is 62.8. The summed E-state index contributed by atoms with van der Waals surface area (Å²) in [5, 5.41) is 9.80. The van der Waals surface area contributed by atoms with E-state index in [0.29, 0.717) is 36.4 Å². The molecule has 0 aliphatic carbocycles. The lowest BCUT2D eigenvalue weighted by molar-refractivity contribution is -0.167. The molecule has 3 rings (SSSR count). The van der Waals surface area contributed by atoms with Crippen LogP contribution in [-0.4, -0.2) is 94.7 Å². The minimum absolute atomic E-state index is 0.0188. The minimum atomic E-state index is -0.944. The van der Waals surface area contributed by atoms with Crippen LogP contribution < -0.4 is 4.90 Å². The lowest BCUT2D eigenvalue weighted by atomic mass is 9.92. The molecule has 1 saturated heterocycles. The molecule has 2 aromatic heterocycles. The van der Waals surface area contributed by atoms with Crippen LogP contribution >= 0.6 is 0 Å². The minimum Gasteiger partial charge on any atom is -0.462 e. The lowest BCUT2D eigenvalue weighted by Gasteiger charge is -2.42. The topological polar surface area (TPSA) is 174 Å². The number of unbranched alkanes of at least 4 members (excludes halogenated alkanes) is 24. The number of anilines is 1. The number of piperidine rings is 1. The standard InChI is InChI=1S/C59H98N6O8/c1-7-9-11-13-15-17-19-21-23-25-27-29-31-33-54(67)71-44-50(45-72-55(68)34-32-30-28-26-24-22-20-18-16-14-12-10-8-2)73-56(69)42-47(3)41-49(5)59(70)65-40-37-51-57(61-46-62-58(51)65)63(6)52-43-64(39-36-48(52)4)53(66)35-38-60/h37,40,46-50,52H,7-36,39,41-45H2,1-6H3/t47?,48-,49?,52+/m1/s1. The summed E-state index contributed by atoms with van der Waals surface area (Å²) in [5.74, 6) is -1.39. The van der Waals surface area contributed by atoms with Crippen LogP contribution in [0.15, 0.2) is 18.6 Å². The molecule has 1 amide bonds. The summed E-state index contributed by atoms with van der Waals surface area (Å²) in [5.41, 5.74) is 0.469. The number of amides is 1. The summed E-state index contributed by atoms with van der Waals surface area (Å²) in [6.45, 7) is 11.0. The van der Waals surface area contributed by atoms with E-state index in [2.05, 4.69) is 30.7 Å². The van der Waals surface area contributed by atoms with Gasteiger partial charge in [-0.15, -0.1) is 0 Å². The summed E-state index contributed by atoms with van der Waals surface area (Å²) in [6, 6.07) is 3.75. The van der Waals surface area contributed by atoms with Gasteiger partial charge in [0.2, 0.25) is 11.8 Å². The Hall–Kier alpha value is -4.54. The largest absolute Gasteiger partial charge is 0.462 e. The quantitative estimate of drug-likeness (QED) is 0.0351. The van der Waals surface area contributed by atoms with Gasteiger partial charge in [0.1, 0.15) is 31.8 Å².